The van der Waals surface area contributed by atoms with Crippen molar-refractivity contribution in [1.82, 2.24) is 4.90 Å². The van der Waals surface area contributed by atoms with Gasteiger partial charge in [-0.3, -0.25) is 4.90 Å². The summed E-state index contributed by atoms with van der Waals surface area (Å²) in [5, 5.41) is 11.1. The number of unbranched alkanes of at least 4 members (excludes halogenated alkanes) is 2. The van der Waals surface area contributed by atoms with Crippen LogP contribution in [-0.2, 0) is 5.72 Å². The third-order valence-electron chi connectivity index (χ3n) is 3.82. The van der Waals surface area contributed by atoms with Gasteiger partial charge in [0.05, 0.1) is 0 Å². The third kappa shape index (κ3) is 4.32. The maximum Gasteiger partial charge on any atom is 0.144 e. The topological polar surface area (TPSA) is 23.5 Å². The summed E-state index contributed by atoms with van der Waals surface area (Å²) in [6.45, 7) is 8.40. The Kier molecular flexibility index (Phi) is 7.11. The Morgan fingerprint density at radius 2 is 1.47 bits per heavy atom. The van der Waals surface area contributed by atoms with E-state index in [0.717, 1.165) is 50.8 Å². The molecule has 0 heterocycles. The summed E-state index contributed by atoms with van der Waals surface area (Å²) in [5.41, 5.74) is 0.204. The van der Waals surface area contributed by atoms with Crippen molar-refractivity contribution >= 4 is 0 Å². The number of aliphatic hydroxyl groups is 1. The molecular formula is C17H29NO. The van der Waals surface area contributed by atoms with Gasteiger partial charge in [0.2, 0.25) is 0 Å². The van der Waals surface area contributed by atoms with Crippen LogP contribution in [0.5, 0.6) is 0 Å². The SMILES string of the molecule is CCCCN(CCCC)C(O)(CC)c1ccccc1. The van der Waals surface area contributed by atoms with E-state index in [1.807, 2.05) is 30.3 Å². The van der Waals surface area contributed by atoms with E-state index in [2.05, 4.69) is 25.7 Å². The smallest absolute Gasteiger partial charge is 0.144 e. The van der Waals surface area contributed by atoms with Crippen molar-refractivity contribution in [2.24, 2.45) is 0 Å². The van der Waals surface area contributed by atoms with Gasteiger partial charge in [-0.25, -0.2) is 0 Å². The zero-order chi connectivity index (χ0) is 14.1. The van der Waals surface area contributed by atoms with E-state index in [1.54, 1.807) is 0 Å². The normalized spacial score (nSPS) is 14.6. The second kappa shape index (κ2) is 8.34. The van der Waals surface area contributed by atoms with Gasteiger partial charge in [-0.1, -0.05) is 63.9 Å². The second-order valence-electron chi connectivity index (χ2n) is 5.23. The Balaban J connectivity index is 2.92. The lowest BCUT2D eigenvalue weighted by molar-refractivity contribution is -0.120. The van der Waals surface area contributed by atoms with Crippen LogP contribution in [0, 0.1) is 0 Å². The van der Waals surface area contributed by atoms with Crippen LogP contribution >= 0.6 is 0 Å². The van der Waals surface area contributed by atoms with E-state index in [4.69, 9.17) is 0 Å². The molecule has 108 valence electrons. The average molecular weight is 263 g/mol. The minimum Gasteiger partial charge on any atom is -0.371 e. The maximum atomic E-state index is 11.1. The molecule has 0 saturated heterocycles. The van der Waals surface area contributed by atoms with Gasteiger partial charge in [0, 0.05) is 13.1 Å². The van der Waals surface area contributed by atoms with Gasteiger partial charge in [-0.2, -0.15) is 0 Å². The van der Waals surface area contributed by atoms with Crippen LogP contribution in [-0.4, -0.2) is 23.1 Å². The molecule has 19 heavy (non-hydrogen) atoms. The predicted octanol–water partition coefficient (Wildman–Crippen LogP) is 4.14. The molecule has 0 aliphatic carbocycles. The monoisotopic (exact) mass is 263 g/mol. The Hall–Kier alpha value is -0.860. The van der Waals surface area contributed by atoms with E-state index in [0.29, 0.717) is 0 Å². The van der Waals surface area contributed by atoms with E-state index in [1.165, 1.54) is 0 Å². The quantitative estimate of drug-likeness (QED) is 0.677. The lowest BCUT2D eigenvalue weighted by Gasteiger charge is -2.40. The molecule has 0 saturated carbocycles. The standard InChI is InChI=1S/C17H29NO/c1-4-7-14-18(15-8-5-2)17(19,6-3)16-12-10-9-11-13-16/h9-13,19H,4-8,14-15H2,1-3H3. The van der Waals surface area contributed by atoms with E-state index in [9.17, 15) is 5.11 Å². The van der Waals surface area contributed by atoms with Crippen LogP contribution in [0.4, 0.5) is 0 Å². The van der Waals surface area contributed by atoms with Crippen molar-refractivity contribution < 1.29 is 5.11 Å². The van der Waals surface area contributed by atoms with Crippen molar-refractivity contribution in [3.63, 3.8) is 0 Å². The van der Waals surface area contributed by atoms with Gasteiger partial charge in [-0.05, 0) is 24.8 Å². The summed E-state index contributed by atoms with van der Waals surface area (Å²) in [5.74, 6) is 0. The molecule has 0 aromatic heterocycles. The Bertz CT molecular complexity index is 330. The van der Waals surface area contributed by atoms with Gasteiger partial charge in [0.25, 0.3) is 0 Å². The molecule has 0 bridgehead atoms. The first-order chi connectivity index (χ1) is 9.19. The minimum atomic E-state index is -0.814. The summed E-state index contributed by atoms with van der Waals surface area (Å²) in [4.78, 5) is 2.26. The molecule has 0 aliphatic heterocycles. The van der Waals surface area contributed by atoms with Crippen LogP contribution in [0.3, 0.4) is 0 Å². The predicted molar refractivity (Wildman–Crippen MR) is 82.0 cm³/mol. The number of rotatable bonds is 9. The van der Waals surface area contributed by atoms with E-state index < -0.39 is 5.72 Å². The lowest BCUT2D eigenvalue weighted by atomic mass is 9.97. The fourth-order valence-electron chi connectivity index (χ4n) is 2.50. The van der Waals surface area contributed by atoms with Crippen molar-refractivity contribution in [3.8, 4) is 0 Å². The van der Waals surface area contributed by atoms with Crippen LogP contribution in [0.1, 0.15) is 58.4 Å². The van der Waals surface area contributed by atoms with Crippen LogP contribution < -0.4 is 0 Å². The van der Waals surface area contributed by atoms with Gasteiger partial charge in [0.15, 0.2) is 0 Å². The molecule has 0 aliphatic rings. The summed E-state index contributed by atoms with van der Waals surface area (Å²) in [6.07, 6.45) is 5.33. The van der Waals surface area contributed by atoms with E-state index >= 15 is 0 Å². The minimum absolute atomic E-state index is 0.727. The maximum absolute atomic E-state index is 11.1. The molecule has 0 spiro atoms. The molecule has 1 rings (SSSR count). The molecule has 0 radical (unpaired) electrons. The molecule has 1 unspecified atom stereocenters. The van der Waals surface area contributed by atoms with Gasteiger partial charge in [-0.15, -0.1) is 0 Å². The second-order valence-corrected chi connectivity index (χ2v) is 5.23. The number of benzene rings is 1. The molecule has 0 amide bonds. The zero-order valence-electron chi connectivity index (χ0n) is 12.7. The van der Waals surface area contributed by atoms with Gasteiger partial charge >= 0.3 is 0 Å². The van der Waals surface area contributed by atoms with Crippen molar-refractivity contribution in [1.29, 1.82) is 0 Å². The van der Waals surface area contributed by atoms with Gasteiger partial charge in [0.1, 0.15) is 5.72 Å². The highest BCUT2D eigenvalue weighted by molar-refractivity contribution is 5.21. The summed E-state index contributed by atoms with van der Waals surface area (Å²) in [7, 11) is 0. The van der Waals surface area contributed by atoms with Crippen molar-refractivity contribution in [2.75, 3.05) is 13.1 Å². The number of hydrogen-bond acceptors (Lipinski definition) is 2. The highest BCUT2D eigenvalue weighted by Crippen LogP contribution is 2.29. The number of nitrogens with zero attached hydrogens (tertiary/aromatic N) is 1. The highest BCUT2D eigenvalue weighted by Gasteiger charge is 2.33. The van der Waals surface area contributed by atoms with Gasteiger partial charge < -0.3 is 5.11 Å². The van der Waals surface area contributed by atoms with Crippen molar-refractivity contribution in [3.05, 3.63) is 35.9 Å². The molecule has 1 atom stereocenters. The van der Waals surface area contributed by atoms with Crippen LogP contribution in [0.15, 0.2) is 30.3 Å². The fourth-order valence-corrected chi connectivity index (χ4v) is 2.50. The summed E-state index contributed by atoms with van der Waals surface area (Å²) in [6, 6.07) is 10.1. The Morgan fingerprint density at radius 3 is 1.89 bits per heavy atom. The van der Waals surface area contributed by atoms with E-state index in [-0.39, 0.29) is 0 Å². The molecule has 1 aromatic rings. The molecule has 2 nitrogen and oxygen atoms in total. The highest BCUT2D eigenvalue weighted by atomic mass is 16.3. The molecule has 0 fully saturated rings. The number of hydrogen-bond donors (Lipinski definition) is 1. The molecule has 1 N–H and O–H groups in total. The Labute approximate surface area is 118 Å². The van der Waals surface area contributed by atoms with Crippen LogP contribution in [0.25, 0.3) is 0 Å². The first-order valence-electron chi connectivity index (χ1n) is 7.72. The lowest BCUT2D eigenvalue weighted by Crippen LogP contribution is -2.46. The van der Waals surface area contributed by atoms with Crippen LogP contribution in [0.2, 0.25) is 0 Å². The Morgan fingerprint density at radius 1 is 0.947 bits per heavy atom. The largest absolute Gasteiger partial charge is 0.371 e. The average Bonchev–Trinajstić information content (AvgIpc) is 2.47. The molecule has 2 heteroatoms. The third-order valence-corrected chi connectivity index (χ3v) is 3.82. The van der Waals surface area contributed by atoms with Crippen molar-refractivity contribution in [2.45, 2.75) is 58.6 Å². The summed E-state index contributed by atoms with van der Waals surface area (Å²) < 4.78 is 0. The summed E-state index contributed by atoms with van der Waals surface area (Å²) >= 11 is 0. The first-order valence-corrected chi connectivity index (χ1v) is 7.72. The fraction of sp³-hybridized carbons (Fsp3) is 0.647. The zero-order valence-corrected chi connectivity index (χ0v) is 12.7. The molecular weight excluding hydrogens is 234 g/mol. The first kappa shape index (κ1) is 16.2. The molecule has 1 aromatic carbocycles.